The van der Waals surface area contributed by atoms with Crippen molar-refractivity contribution < 1.29 is 14.6 Å². The summed E-state index contributed by atoms with van der Waals surface area (Å²) in [6, 6.07) is 0. The van der Waals surface area contributed by atoms with E-state index in [1.807, 2.05) is 0 Å². The lowest BCUT2D eigenvalue weighted by atomic mass is 10.2. The average Bonchev–Trinajstić information content (AvgIpc) is 2.04. The minimum atomic E-state index is -1.11. The third-order valence-corrected chi connectivity index (χ3v) is 1.40. The number of carboxylic acids is 1. The molecule has 1 aromatic rings. The standard InChI is InChI=1S/C7H8N2O3/c1-12-5-3-9-2-4(6(5)8)7(10)11/h2-3H,1H3,(H2,8,9)(H,10,11). The summed E-state index contributed by atoms with van der Waals surface area (Å²) in [5, 5.41) is 8.61. The molecule has 5 nitrogen and oxygen atoms in total. The highest BCUT2D eigenvalue weighted by Crippen LogP contribution is 2.22. The molecule has 0 aliphatic rings. The number of pyridine rings is 1. The summed E-state index contributed by atoms with van der Waals surface area (Å²) in [5.74, 6) is -0.839. The third kappa shape index (κ3) is 1.29. The van der Waals surface area contributed by atoms with Crippen LogP contribution < -0.4 is 10.5 Å². The molecule has 1 rings (SSSR count). The number of hydrogen-bond donors (Lipinski definition) is 2. The van der Waals surface area contributed by atoms with Crippen LogP contribution >= 0.6 is 0 Å². The normalized spacial score (nSPS) is 9.42. The maximum atomic E-state index is 10.5. The molecule has 64 valence electrons. The first-order valence-corrected chi connectivity index (χ1v) is 3.17. The Labute approximate surface area is 68.8 Å². The first-order valence-electron chi connectivity index (χ1n) is 3.17. The zero-order chi connectivity index (χ0) is 9.14. The molecule has 0 saturated heterocycles. The van der Waals surface area contributed by atoms with Gasteiger partial charge >= 0.3 is 5.97 Å². The number of nitrogen functional groups attached to an aromatic ring is 1. The van der Waals surface area contributed by atoms with Gasteiger partial charge in [-0.1, -0.05) is 0 Å². The molecule has 0 amide bonds. The van der Waals surface area contributed by atoms with Gasteiger partial charge in [0.25, 0.3) is 0 Å². The molecule has 1 heterocycles. The predicted molar refractivity (Wildman–Crippen MR) is 42.2 cm³/mol. The summed E-state index contributed by atoms with van der Waals surface area (Å²) in [4.78, 5) is 14.2. The molecule has 1 aromatic heterocycles. The van der Waals surface area contributed by atoms with Gasteiger partial charge < -0.3 is 15.6 Å². The SMILES string of the molecule is COc1cncc(C(=O)O)c1N. The van der Waals surface area contributed by atoms with Crippen molar-refractivity contribution in [3.63, 3.8) is 0 Å². The molecule has 3 N–H and O–H groups in total. The van der Waals surface area contributed by atoms with E-state index in [1.165, 1.54) is 19.5 Å². The first-order chi connectivity index (χ1) is 5.66. The topological polar surface area (TPSA) is 85.4 Å². The van der Waals surface area contributed by atoms with E-state index in [0.29, 0.717) is 0 Å². The van der Waals surface area contributed by atoms with E-state index in [9.17, 15) is 4.79 Å². The molecule has 5 heteroatoms. The van der Waals surface area contributed by atoms with Gasteiger partial charge in [-0.15, -0.1) is 0 Å². The van der Waals surface area contributed by atoms with E-state index in [1.54, 1.807) is 0 Å². The highest BCUT2D eigenvalue weighted by atomic mass is 16.5. The number of aromatic carboxylic acids is 1. The van der Waals surface area contributed by atoms with E-state index in [-0.39, 0.29) is 17.0 Å². The van der Waals surface area contributed by atoms with Gasteiger partial charge in [-0.25, -0.2) is 4.79 Å². The monoisotopic (exact) mass is 168 g/mol. The Morgan fingerprint density at radius 1 is 1.67 bits per heavy atom. The molecule has 0 unspecified atom stereocenters. The maximum Gasteiger partial charge on any atom is 0.339 e. The van der Waals surface area contributed by atoms with Gasteiger partial charge in [-0.3, -0.25) is 4.98 Å². The zero-order valence-electron chi connectivity index (χ0n) is 6.44. The van der Waals surface area contributed by atoms with Crippen molar-refractivity contribution in [1.29, 1.82) is 0 Å². The van der Waals surface area contributed by atoms with Crippen molar-refractivity contribution in [2.75, 3.05) is 12.8 Å². The van der Waals surface area contributed by atoms with Crippen molar-refractivity contribution in [3.8, 4) is 5.75 Å². The number of nitrogens with two attached hydrogens (primary N) is 1. The quantitative estimate of drug-likeness (QED) is 0.666. The molecular weight excluding hydrogens is 160 g/mol. The summed E-state index contributed by atoms with van der Waals surface area (Å²) in [7, 11) is 1.40. The lowest BCUT2D eigenvalue weighted by Crippen LogP contribution is -2.04. The number of aromatic nitrogens is 1. The van der Waals surface area contributed by atoms with Crippen LogP contribution in [0, 0.1) is 0 Å². The van der Waals surface area contributed by atoms with Crippen LogP contribution in [0.5, 0.6) is 5.75 Å². The van der Waals surface area contributed by atoms with Gasteiger partial charge in [0.05, 0.1) is 19.0 Å². The van der Waals surface area contributed by atoms with E-state index < -0.39 is 5.97 Å². The van der Waals surface area contributed by atoms with Crippen LogP contribution in [0.4, 0.5) is 5.69 Å². The molecular formula is C7H8N2O3. The van der Waals surface area contributed by atoms with Crippen molar-refractivity contribution >= 4 is 11.7 Å². The number of nitrogens with zero attached hydrogens (tertiary/aromatic N) is 1. The molecule has 0 fully saturated rings. The molecule has 0 spiro atoms. The van der Waals surface area contributed by atoms with Gasteiger partial charge in [0.2, 0.25) is 0 Å². The number of anilines is 1. The first kappa shape index (κ1) is 8.32. The lowest BCUT2D eigenvalue weighted by Gasteiger charge is -2.04. The Morgan fingerprint density at radius 2 is 2.33 bits per heavy atom. The van der Waals surface area contributed by atoms with Gasteiger partial charge in [-0.05, 0) is 0 Å². The second-order valence-corrected chi connectivity index (χ2v) is 2.11. The molecule has 0 aliphatic carbocycles. The summed E-state index contributed by atoms with van der Waals surface area (Å²) >= 11 is 0. The Morgan fingerprint density at radius 3 is 2.83 bits per heavy atom. The van der Waals surface area contributed by atoms with Gasteiger partial charge in [0.15, 0.2) is 5.75 Å². The van der Waals surface area contributed by atoms with Crippen LogP contribution in [0.3, 0.4) is 0 Å². The van der Waals surface area contributed by atoms with Crippen LogP contribution in [-0.2, 0) is 0 Å². The van der Waals surface area contributed by atoms with E-state index in [2.05, 4.69) is 4.98 Å². The Balaban J connectivity index is 3.23. The summed E-state index contributed by atoms with van der Waals surface area (Å²) in [5.41, 5.74) is 5.50. The van der Waals surface area contributed by atoms with Crippen LogP contribution in [0.15, 0.2) is 12.4 Å². The molecule has 0 radical (unpaired) electrons. The third-order valence-electron chi connectivity index (χ3n) is 1.40. The number of carbonyl (C=O) groups is 1. The van der Waals surface area contributed by atoms with Crippen LogP contribution in [0.2, 0.25) is 0 Å². The zero-order valence-corrected chi connectivity index (χ0v) is 6.44. The summed E-state index contributed by atoms with van der Waals surface area (Å²) < 4.78 is 4.78. The van der Waals surface area contributed by atoms with Gasteiger partial charge in [0, 0.05) is 6.20 Å². The Kier molecular flexibility index (Phi) is 2.14. The summed E-state index contributed by atoms with van der Waals surface area (Å²) in [6.07, 6.45) is 2.54. The smallest absolute Gasteiger partial charge is 0.339 e. The molecule has 0 bridgehead atoms. The van der Waals surface area contributed by atoms with E-state index in [0.717, 1.165) is 0 Å². The molecule has 0 atom stereocenters. The second kappa shape index (κ2) is 3.08. The number of rotatable bonds is 2. The minimum absolute atomic E-state index is 0.0469. The fraction of sp³-hybridized carbons (Fsp3) is 0.143. The van der Waals surface area contributed by atoms with E-state index in [4.69, 9.17) is 15.6 Å². The van der Waals surface area contributed by atoms with Crippen molar-refractivity contribution in [2.45, 2.75) is 0 Å². The largest absolute Gasteiger partial charge is 0.493 e. The molecule has 0 aliphatic heterocycles. The predicted octanol–water partition coefficient (Wildman–Crippen LogP) is 0.371. The number of hydrogen-bond acceptors (Lipinski definition) is 4. The second-order valence-electron chi connectivity index (χ2n) is 2.11. The van der Waals surface area contributed by atoms with Crippen molar-refractivity contribution in [2.24, 2.45) is 0 Å². The van der Waals surface area contributed by atoms with Crippen LogP contribution in [-0.4, -0.2) is 23.2 Å². The number of ether oxygens (including phenoxy) is 1. The van der Waals surface area contributed by atoms with E-state index >= 15 is 0 Å². The lowest BCUT2D eigenvalue weighted by molar-refractivity contribution is 0.0697. The highest BCUT2D eigenvalue weighted by Gasteiger charge is 2.11. The summed E-state index contributed by atoms with van der Waals surface area (Å²) in [6.45, 7) is 0. The van der Waals surface area contributed by atoms with Crippen molar-refractivity contribution in [1.82, 2.24) is 4.98 Å². The fourth-order valence-electron chi connectivity index (χ4n) is 0.784. The molecule has 0 aromatic carbocycles. The minimum Gasteiger partial charge on any atom is -0.493 e. The number of carboxylic acid groups (broad SMARTS) is 1. The average molecular weight is 168 g/mol. The molecule has 0 saturated carbocycles. The van der Waals surface area contributed by atoms with Gasteiger partial charge in [0.1, 0.15) is 5.56 Å². The Bertz CT molecular complexity index is 312. The molecule has 12 heavy (non-hydrogen) atoms. The number of methoxy groups -OCH3 is 1. The van der Waals surface area contributed by atoms with Crippen LogP contribution in [0.1, 0.15) is 10.4 Å². The van der Waals surface area contributed by atoms with Gasteiger partial charge in [-0.2, -0.15) is 0 Å². The maximum absolute atomic E-state index is 10.5. The fourth-order valence-corrected chi connectivity index (χ4v) is 0.784. The highest BCUT2D eigenvalue weighted by molar-refractivity contribution is 5.94. The van der Waals surface area contributed by atoms with Crippen LogP contribution in [0.25, 0.3) is 0 Å². The Hall–Kier alpha value is -1.78. The van der Waals surface area contributed by atoms with Crippen molar-refractivity contribution in [3.05, 3.63) is 18.0 Å².